The molecule has 0 amide bonds. The van der Waals surface area contributed by atoms with Crippen molar-refractivity contribution in [1.82, 2.24) is 19.9 Å². The molecular weight excluding hydrogens is 534 g/mol. The molecule has 4 N–H and O–H groups in total. The van der Waals surface area contributed by atoms with Gasteiger partial charge in [-0.3, -0.25) is 0 Å². The highest BCUT2D eigenvalue weighted by atomic mass is 35.5. The molecule has 0 aliphatic carbocycles. The molecule has 1 aliphatic rings. The zero-order valence-corrected chi connectivity index (χ0v) is 24.2. The smallest absolute Gasteiger partial charge is 0.150 e. The molecule has 0 unspecified atom stereocenters. The van der Waals surface area contributed by atoms with Crippen molar-refractivity contribution in [2.75, 3.05) is 31.6 Å². The van der Waals surface area contributed by atoms with Gasteiger partial charge in [0.15, 0.2) is 0 Å². The lowest BCUT2D eigenvalue weighted by molar-refractivity contribution is 0.479. The average Bonchev–Trinajstić information content (AvgIpc) is 2.95. The van der Waals surface area contributed by atoms with Crippen LogP contribution in [0.25, 0.3) is 39.7 Å². The van der Waals surface area contributed by atoms with E-state index in [0.29, 0.717) is 32.9 Å². The highest BCUT2D eigenvalue weighted by Crippen LogP contribution is 2.43. The largest absolute Gasteiger partial charge is 0.507 e. The van der Waals surface area contributed by atoms with Crippen LogP contribution in [0.15, 0.2) is 84.3 Å². The van der Waals surface area contributed by atoms with Crippen LogP contribution in [0.1, 0.15) is 12.6 Å². The first-order valence-electron chi connectivity index (χ1n) is 13.4. The van der Waals surface area contributed by atoms with Crippen molar-refractivity contribution in [3.05, 3.63) is 95.5 Å². The molecule has 0 bridgehead atoms. The van der Waals surface area contributed by atoms with Gasteiger partial charge in [0.25, 0.3) is 0 Å². The molecule has 0 saturated carbocycles. The molecule has 1 saturated heterocycles. The maximum Gasteiger partial charge on any atom is 0.150 e. The van der Waals surface area contributed by atoms with Crippen molar-refractivity contribution < 1.29 is 5.11 Å². The fraction of sp³-hybridized carbons (Fsp3) is 0.219. The number of aromatic hydroxyl groups is 1. The van der Waals surface area contributed by atoms with E-state index in [1.54, 1.807) is 12.4 Å². The number of phenols is 1. The second kappa shape index (κ2) is 12.1. The Morgan fingerprint density at radius 2 is 1.88 bits per heavy atom. The van der Waals surface area contributed by atoms with Gasteiger partial charge in [-0.05, 0) is 44.2 Å². The highest BCUT2D eigenvalue weighted by molar-refractivity contribution is 6.36. The number of aryl methyl sites for hydroxylation is 1. The summed E-state index contributed by atoms with van der Waals surface area (Å²) in [6.45, 7) is 10.1. The van der Waals surface area contributed by atoms with Crippen LogP contribution in [0.2, 0.25) is 5.02 Å². The predicted octanol–water partition coefficient (Wildman–Crippen LogP) is 5.22. The lowest BCUT2D eigenvalue weighted by Crippen LogP contribution is -2.56. The first kappa shape index (κ1) is 28.3. The normalized spacial score (nSPS) is 14.3. The number of likely N-dealkylation sites (N-methyl/N-ethyl adjacent to an activating group) is 1. The van der Waals surface area contributed by atoms with Crippen LogP contribution >= 0.6 is 11.6 Å². The summed E-state index contributed by atoms with van der Waals surface area (Å²) in [6.07, 6.45) is 7.14. The van der Waals surface area contributed by atoms with E-state index >= 15 is 0 Å². The van der Waals surface area contributed by atoms with Gasteiger partial charge in [-0.1, -0.05) is 54.6 Å². The Kier molecular flexibility index (Phi) is 8.35. The number of pyridine rings is 1. The topological polar surface area (TPSA) is 105 Å². The lowest BCUT2D eigenvalue weighted by atomic mass is 9.96. The molecule has 2 aromatic heterocycles. The van der Waals surface area contributed by atoms with E-state index in [9.17, 15) is 5.11 Å². The third kappa shape index (κ3) is 5.81. The van der Waals surface area contributed by atoms with E-state index < -0.39 is 0 Å². The Balaban J connectivity index is 1.53. The van der Waals surface area contributed by atoms with Gasteiger partial charge in [-0.15, -0.1) is 0 Å². The molecule has 41 heavy (non-hydrogen) atoms. The van der Waals surface area contributed by atoms with Crippen molar-refractivity contribution in [2.24, 2.45) is 10.7 Å². The summed E-state index contributed by atoms with van der Waals surface area (Å²) in [6, 6.07) is 15.4. The summed E-state index contributed by atoms with van der Waals surface area (Å²) in [5.41, 5.74) is 12.8. The van der Waals surface area contributed by atoms with E-state index in [1.807, 2.05) is 86.4 Å². The van der Waals surface area contributed by atoms with Crippen LogP contribution in [-0.4, -0.2) is 52.4 Å². The average molecular weight is 568 g/mol. The number of phenolic OH excluding ortho intramolecular Hbond substituents is 1. The van der Waals surface area contributed by atoms with Crippen molar-refractivity contribution in [3.63, 3.8) is 0 Å². The predicted molar refractivity (Wildman–Crippen MR) is 168 cm³/mol. The van der Waals surface area contributed by atoms with Crippen LogP contribution in [0.5, 0.6) is 5.75 Å². The molecule has 8 nitrogen and oxygen atoms in total. The summed E-state index contributed by atoms with van der Waals surface area (Å²) in [5, 5.41) is 15.1. The molecular formula is C32H34ClN7O. The van der Waals surface area contributed by atoms with Crippen molar-refractivity contribution in [2.45, 2.75) is 19.9 Å². The van der Waals surface area contributed by atoms with Gasteiger partial charge in [0.05, 0.1) is 22.6 Å². The van der Waals surface area contributed by atoms with Crippen LogP contribution in [0.3, 0.4) is 0 Å². The number of hydrogen-bond donors (Lipinski definition) is 3. The van der Waals surface area contributed by atoms with Crippen molar-refractivity contribution in [3.8, 4) is 39.3 Å². The standard InChI is InChI=1S/C32H34ClN7O/c1-5-39-13-12-22(14-29(39)36-16-20(2)15-35-4)24-8-6-10-26(31(24)41)25-9-7-11-27(30(25)33)28-17-37-32(21(3)38-28)40-18-23(34)19-40/h5-14,16-17,23,35,41H,1,15,18-19,34H2,2-4H3/b20-16+,36-29-. The minimum absolute atomic E-state index is 0.127. The number of halogens is 1. The Labute approximate surface area is 245 Å². The quantitative estimate of drug-likeness (QED) is 0.270. The van der Waals surface area contributed by atoms with Gasteiger partial charge in [0.1, 0.15) is 17.1 Å². The van der Waals surface area contributed by atoms with E-state index in [1.165, 1.54) is 0 Å². The van der Waals surface area contributed by atoms with E-state index in [2.05, 4.69) is 26.8 Å². The van der Waals surface area contributed by atoms with Gasteiger partial charge in [-0.2, -0.15) is 0 Å². The van der Waals surface area contributed by atoms with Gasteiger partial charge < -0.3 is 25.6 Å². The number of nitrogens with one attached hydrogen (secondary N) is 1. The molecule has 5 rings (SSSR count). The monoisotopic (exact) mass is 567 g/mol. The Morgan fingerprint density at radius 1 is 1.17 bits per heavy atom. The Bertz CT molecular complexity index is 1700. The van der Waals surface area contributed by atoms with Crippen LogP contribution in [-0.2, 0) is 0 Å². The zero-order chi connectivity index (χ0) is 29.1. The van der Waals surface area contributed by atoms with Crippen LogP contribution in [0, 0.1) is 6.92 Å². The fourth-order valence-electron chi connectivity index (χ4n) is 4.96. The lowest BCUT2D eigenvalue weighted by Gasteiger charge is -2.38. The second-order valence-corrected chi connectivity index (χ2v) is 10.6. The molecule has 0 spiro atoms. The first-order valence-corrected chi connectivity index (χ1v) is 13.8. The number of nitrogens with zero attached hydrogens (tertiary/aromatic N) is 5. The zero-order valence-electron chi connectivity index (χ0n) is 23.5. The molecule has 4 aromatic rings. The number of aromatic nitrogens is 3. The second-order valence-electron chi connectivity index (χ2n) is 10.2. The summed E-state index contributed by atoms with van der Waals surface area (Å²) in [7, 11) is 1.90. The summed E-state index contributed by atoms with van der Waals surface area (Å²) in [5.74, 6) is 0.968. The van der Waals surface area contributed by atoms with Gasteiger partial charge in [0.2, 0.25) is 0 Å². The summed E-state index contributed by atoms with van der Waals surface area (Å²) in [4.78, 5) is 16.2. The molecule has 3 heterocycles. The third-order valence-corrected chi connectivity index (χ3v) is 7.48. The maximum absolute atomic E-state index is 11.5. The maximum atomic E-state index is 11.5. The Morgan fingerprint density at radius 3 is 2.56 bits per heavy atom. The molecule has 210 valence electrons. The van der Waals surface area contributed by atoms with Gasteiger partial charge in [-0.25, -0.2) is 15.0 Å². The molecule has 1 fully saturated rings. The summed E-state index contributed by atoms with van der Waals surface area (Å²) >= 11 is 6.97. The first-order chi connectivity index (χ1) is 19.8. The number of anilines is 1. The molecule has 1 aliphatic heterocycles. The molecule has 2 aromatic carbocycles. The minimum atomic E-state index is 0.127. The molecule has 0 radical (unpaired) electrons. The Hall–Kier alpha value is -4.24. The van der Waals surface area contributed by atoms with Gasteiger partial charge in [0, 0.05) is 66.5 Å². The number of nitrogens with two attached hydrogens (primary N) is 1. The molecule has 9 heteroatoms. The van der Waals surface area contributed by atoms with Crippen LogP contribution < -0.4 is 21.4 Å². The van der Waals surface area contributed by atoms with Gasteiger partial charge >= 0.3 is 0 Å². The number of hydrogen-bond acceptors (Lipinski definition) is 7. The van der Waals surface area contributed by atoms with E-state index in [4.69, 9.17) is 22.3 Å². The number of para-hydroxylation sites is 1. The van der Waals surface area contributed by atoms with E-state index in [0.717, 1.165) is 47.8 Å². The van der Waals surface area contributed by atoms with Crippen LogP contribution in [0.4, 0.5) is 5.82 Å². The van der Waals surface area contributed by atoms with Crippen molar-refractivity contribution >= 4 is 23.6 Å². The summed E-state index contributed by atoms with van der Waals surface area (Å²) < 4.78 is 1.83. The number of rotatable bonds is 8. The number of benzene rings is 2. The molecule has 0 atom stereocenters. The third-order valence-electron chi connectivity index (χ3n) is 7.08. The van der Waals surface area contributed by atoms with Crippen molar-refractivity contribution in [1.29, 1.82) is 0 Å². The SMILES string of the molecule is C=Cn1ccc(-c2cccc(-c3cccc(-c4cnc(N5CC(N)C5)c(C)n4)c3Cl)c2O)c/c1=N/C=C(\C)CNC. The highest BCUT2D eigenvalue weighted by Gasteiger charge is 2.26. The van der Waals surface area contributed by atoms with E-state index in [-0.39, 0.29) is 11.8 Å². The fourth-order valence-corrected chi connectivity index (χ4v) is 5.28. The minimum Gasteiger partial charge on any atom is -0.507 e.